The average molecular weight is 396 g/mol. The number of hydrogen-bond donors (Lipinski definition) is 1. The second-order valence-corrected chi connectivity index (χ2v) is 5.95. The lowest BCUT2D eigenvalue weighted by Gasteiger charge is -2.13. The Balaban J connectivity index is 1.91. The summed E-state index contributed by atoms with van der Waals surface area (Å²) in [6.45, 7) is 0. The van der Waals surface area contributed by atoms with Gasteiger partial charge < -0.3 is 14.2 Å². The molecule has 0 aliphatic heterocycles. The third-order valence-corrected chi connectivity index (χ3v) is 4.28. The minimum atomic E-state index is -0.549. The Kier molecular flexibility index (Phi) is 5.77. The summed E-state index contributed by atoms with van der Waals surface area (Å²) in [7, 11) is 6.01. The summed E-state index contributed by atoms with van der Waals surface area (Å²) in [6.07, 6.45) is 1.42. The van der Waals surface area contributed by atoms with Crippen LogP contribution in [0.5, 0.6) is 17.2 Å². The smallest absolute Gasteiger partial charge is 0.292 e. The van der Waals surface area contributed by atoms with E-state index in [-0.39, 0.29) is 11.3 Å². The molecule has 0 aliphatic rings. The molecular weight excluding hydrogens is 376 g/mol. The van der Waals surface area contributed by atoms with Crippen LogP contribution in [-0.2, 0) is 7.05 Å². The van der Waals surface area contributed by atoms with Crippen LogP contribution < -0.4 is 25.2 Å². The first kappa shape index (κ1) is 19.9. The van der Waals surface area contributed by atoms with Crippen LogP contribution in [0.1, 0.15) is 16.1 Å². The fourth-order valence-corrected chi connectivity index (χ4v) is 2.91. The van der Waals surface area contributed by atoms with Crippen LogP contribution in [0.15, 0.2) is 46.3 Å². The van der Waals surface area contributed by atoms with Crippen molar-refractivity contribution in [1.29, 1.82) is 0 Å². The van der Waals surface area contributed by atoms with Gasteiger partial charge in [0.25, 0.3) is 11.5 Å². The number of carbonyl (C=O) groups excluding carboxylic acids is 1. The number of fused-ring (bicyclic) bond motifs is 1. The second kappa shape index (κ2) is 8.42. The number of hydrazone groups is 1. The summed E-state index contributed by atoms with van der Waals surface area (Å²) in [6, 6.07) is 10.2. The molecule has 0 radical (unpaired) electrons. The number of methoxy groups -OCH3 is 3. The van der Waals surface area contributed by atoms with Gasteiger partial charge in [-0.3, -0.25) is 9.59 Å². The summed E-state index contributed by atoms with van der Waals surface area (Å²) in [4.78, 5) is 24.8. The summed E-state index contributed by atoms with van der Waals surface area (Å²) < 4.78 is 17.1. The van der Waals surface area contributed by atoms with Crippen LogP contribution in [0.2, 0.25) is 0 Å². The maximum Gasteiger partial charge on any atom is 0.292 e. The van der Waals surface area contributed by atoms with Crippen molar-refractivity contribution in [3.05, 3.63) is 58.0 Å². The molecule has 0 saturated carbocycles. The van der Waals surface area contributed by atoms with Gasteiger partial charge in [0.2, 0.25) is 5.75 Å². The highest BCUT2D eigenvalue weighted by Gasteiger charge is 2.16. The van der Waals surface area contributed by atoms with E-state index in [0.29, 0.717) is 33.6 Å². The van der Waals surface area contributed by atoms with Gasteiger partial charge >= 0.3 is 0 Å². The van der Waals surface area contributed by atoms with Crippen LogP contribution in [0.25, 0.3) is 10.8 Å². The Morgan fingerprint density at radius 3 is 2.38 bits per heavy atom. The summed E-state index contributed by atoms with van der Waals surface area (Å²) in [5, 5.41) is 8.91. The molecule has 29 heavy (non-hydrogen) atoms. The number of hydrogen-bond acceptors (Lipinski definition) is 7. The van der Waals surface area contributed by atoms with Gasteiger partial charge in [-0.2, -0.15) is 10.2 Å². The zero-order valence-electron chi connectivity index (χ0n) is 16.4. The van der Waals surface area contributed by atoms with Crippen LogP contribution in [-0.4, -0.2) is 43.2 Å². The van der Waals surface area contributed by atoms with E-state index in [1.165, 1.54) is 34.6 Å². The monoisotopic (exact) mass is 396 g/mol. The van der Waals surface area contributed by atoms with Crippen LogP contribution in [0.3, 0.4) is 0 Å². The number of nitrogens with zero attached hydrogens (tertiary/aromatic N) is 3. The number of rotatable bonds is 6. The molecule has 2 aromatic carbocycles. The molecule has 0 fully saturated rings. The fraction of sp³-hybridized carbons (Fsp3) is 0.200. The van der Waals surface area contributed by atoms with Crippen LogP contribution >= 0.6 is 0 Å². The summed E-state index contributed by atoms with van der Waals surface area (Å²) in [5.41, 5.74) is 2.82. The quantitative estimate of drug-likeness (QED) is 0.503. The first-order valence-electron chi connectivity index (χ1n) is 8.60. The number of aryl methyl sites for hydroxylation is 1. The van der Waals surface area contributed by atoms with Gasteiger partial charge in [-0.15, -0.1) is 0 Å². The van der Waals surface area contributed by atoms with Crippen molar-refractivity contribution >= 4 is 22.9 Å². The number of amides is 1. The van der Waals surface area contributed by atoms with Crippen molar-refractivity contribution in [2.24, 2.45) is 12.1 Å². The predicted molar refractivity (Wildman–Crippen MR) is 108 cm³/mol. The first-order valence-corrected chi connectivity index (χ1v) is 8.60. The predicted octanol–water partition coefficient (Wildman–Crippen LogP) is 1.72. The molecule has 0 spiro atoms. The normalized spacial score (nSPS) is 10.9. The van der Waals surface area contributed by atoms with Crippen LogP contribution in [0.4, 0.5) is 0 Å². The standard InChI is InChI=1S/C20H20N4O5/c1-24-20(26)14-8-6-5-7-13(14)16(23-24)19(25)22-21-11-12-9-10-15(27-2)18(29-4)17(12)28-3/h5-11H,1-4H3,(H,22,25)/b21-11+. The average Bonchev–Trinajstić information content (AvgIpc) is 2.75. The van der Waals surface area contributed by atoms with Crippen molar-refractivity contribution in [3.63, 3.8) is 0 Å². The molecule has 150 valence electrons. The molecule has 9 heteroatoms. The Morgan fingerprint density at radius 1 is 1.03 bits per heavy atom. The molecule has 0 saturated heterocycles. The SMILES string of the molecule is COc1ccc(/C=N/NC(=O)c2nn(C)c(=O)c3ccccc23)c(OC)c1OC. The lowest BCUT2D eigenvalue weighted by atomic mass is 10.1. The van der Waals surface area contributed by atoms with Crippen molar-refractivity contribution in [2.75, 3.05) is 21.3 Å². The van der Waals surface area contributed by atoms with E-state index in [1.807, 2.05) is 0 Å². The number of carbonyl (C=O) groups is 1. The zero-order chi connectivity index (χ0) is 21.0. The maximum atomic E-state index is 12.6. The van der Waals surface area contributed by atoms with E-state index < -0.39 is 5.91 Å². The van der Waals surface area contributed by atoms with Gasteiger partial charge in [-0.25, -0.2) is 10.1 Å². The second-order valence-electron chi connectivity index (χ2n) is 5.95. The van der Waals surface area contributed by atoms with Crippen molar-refractivity contribution < 1.29 is 19.0 Å². The minimum absolute atomic E-state index is 0.0964. The summed E-state index contributed by atoms with van der Waals surface area (Å²) >= 11 is 0. The van der Waals surface area contributed by atoms with E-state index in [0.717, 1.165) is 4.68 Å². The molecule has 3 aromatic rings. The highest BCUT2D eigenvalue weighted by molar-refractivity contribution is 6.05. The molecule has 1 N–H and O–H groups in total. The lowest BCUT2D eigenvalue weighted by Crippen LogP contribution is -2.27. The Labute approximate surface area is 166 Å². The Hall–Kier alpha value is -3.88. The van der Waals surface area contributed by atoms with Gasteiger partial charge in [0.05, 0.1) is 32.9 Å². The van der Waals surface area contributed by atoms with E-state index in [4.69, 9.17) is 14.2 Å². The molecule has 3 rings (SSSR count). The molecule has 0 unspecified atom stereocenters. The molecule has 1 aromatic heterocycles. The molecule has 0 atom stereocenters. The fourth-order valence-electron chi connectivity index (χ4n) is 2.91. The molecule has 0 aliphatic carbocycles. The Morgan fingerprint density at radius 2 is 1.72 bits per heavy atom. The third kappa shape index (κ3) is 3.75. The number of aromatic nitrogens is 2. The molecule has 1 heterocycles. The maximum absolute atomic E-state index is 12.6. The highest BCUT2D eigenvalue weighted by atomic mass is 16.5. The topological polar surface area (TPSA) is 104 Å². The number of ether oxygens (including phenoxy) is 3. The van der Waals surface area contributed by atoms with Crippen molar-refractivity contribution in [1.82, 2.24) is 15.2 Å². The van der Waals surface area contributed by atoms with Gasteiger partial charge in [0.15, 0.2) is 17.2 Å². The van der Waals surface area contributed by atoms with E-state index in [9.17, 15) is 9.59 Å². The van der Waals surface area contributed by atoms with E-state index >= 15 is 0 Å². The molecule has 9 nitrogen and oxygen atoms in total. The van der Waals surface area contributed by atoms with Gasteiger partial charge in [-0.05, 0) is 18.2 Å². The zero-order valence-corrected chi connectivity index (χ0v) is 16.4. The molecule has 0 bridgehead atoms. The largest absolute Gasteiger partial charge is 0.493 e. The lowest BCUT2D eigenvalue weighted by molar-refractivity contribution is 0.0950. The number of benzene rings is 2. The van der Waals surface area contributed by atoms with E-state index in [2.05, 4.69) is 15.6 Å². The highest BCUT2D eigenvalue weighted by Crippen LogP contribution is 2.38. The molecule has 1 amide bonds. The minimum Gasteiger partial charge on any atom is -0.493 e. The first-order chi connectivity index (χ1) is 14.0. The van der Waals surface area contributed by atoms with Crippen LogP contribution in [0, 0.1) is 0 Å². The van der Waals surface area contributed by atoms with Crippen molar-refractivity contribution in [2.45, 2.75) is 0 Å². The van der Waals surface area contributed by atoms with Gasteiger partial charge in [-0.1, -0.05) is 18.2 Å². The Bertz CT molecular complexity index is 1150. The van der Waals surface area contributed by atoms with Crippen molar-refractivity contribution in [3.8, 4) is 17.2 Å². The third-order valence-electron chi connectivity index (χ3n) is 4.28. The van der Waals surface area contributed by atoms with E-state index in [1.54, 1.807) is 36.4 Å². The number of nitrogens with one attached hydrogen (secondary N) is 1. The summed E-state index contributed by atoms with van der Waals surface area (Å²) in [5.74, 6) is 0.783. The molecular formula is C20H20N4O5. The van der Waals surface area contributed by atoms with Gasteiger partial charge in [0, 0.05) is 18.0 Å². The van der Waals surface area contributed by atoms with Gasteiger partial charge in [0.1, 0.15) is 0 Å².